The zero-order valence-corrected chi connectivity index (χ0v) is 20.8. The van der Waals surface area contributed by atoms with Gasteiger partial charge in [0.1, 0.15) is 17.1 Å². The van der Waals surface area contributed by atoms with E-state index in [0.29, 0.717) is 37.8 Å². The molecule has 0 aliphatic carbocycles. The second-order valence-corrected chi connectivity index (χ2v) is 9.16. The van der Waals surface area contributed by atoms with Gasteiger partial charge in [0, 0.05) is 32.2 Å². The third-order valence-electron chi connectivity index (χ3n) is 4.29. The maximum Gasteiger partial charge on any atom is 0.213 e. The SMILES string of the molecule is CCNC(=NCC(C)(O)c1cc(C)oc1C)NCCCN(C)S(=O)(=O)CC.I. The number of nitrogens with zero attached hydrogens (tertiary/aromatic N) is 2. The lowest BCUT2D eigenvalue weighted by atomic mass is 9.96. The highest BCUT2D eigenvalue weighted by Crippen LogP contribution is 2.27. The molecule has 0 bridgehead atoms. The summed E-state index contributed by atoms with van der Waals surface area (Å²) < 4.78 is 30.4. The van der Waals surface area contributed by atoms with Gasteiger partial charge in [-0.25, -0.2) is 17.7 Å². The van der Waals surface area contributed by atoms with E-state index in [1.54, 1.807) is 20.9 Å². The third-order valence-corrected chi connectivity index (χ3v) is 6.15. The molecule has 1 atom stereocenters. The van der Waals surface area contributed by atoms with E-state index in [4.69, 9.17) is 4.42 Å². The van der Waals surface area contributed by atoms with Gasteiger partial charge in [-0.15, -0.1) is 24.0 Å². The van der Waals surface area contributed by atoms with Crippen molar-refractivity contribution in [3.63, 3.8) is 0 Å². The molecule has 0 saturated heterocycles. The summed E-state index contributed by atoms with van der Waals surface area (Å²) in [5, 5.41) is 17.1. The molecule has 3 N–H and O–H groups in total. The molecule has 0 fully saturated rings. The highest BCUT2D eigenvalue weighted by molar-refractivity contribution is 14.0. The molecule has 1 aromatic rings. The minimum absolute atomic E-state index is 0. The first-order chi connectivity index (χ1) is 12.5. The Morgan fingerprint density at radius 3 is 2.46 bits per heavy atom. The molecule has 10 heteroatoms. The fourth-order valence-corrected chi connectivity index (χ4v) is 3.54. The van der Waals surface area contributed by atoms with Crippen LogP contribution in [0.25, 0.3) is 0 Å². The van der Waals surface area contributed by atoms with E-state index < -0.39 is 15.6 Å². The molecular weight excluding hydrogens is 495 g/mol. The minimum Gasteiger partial charge on any atom is -0.466 e. The van der Waals surface area contributed by atoms with Crippen molar-refractivity contribution in [2.24, 2.45) is 4.99 Å². The zero-order valence-electron chi connectivity index (χ0n) is 17.7. The van der Waals surface area contributed by atoms with E-state index in [1.807, 2.05) is 26.8 Å². The molecule has 1 unspecified atom stereocenters. The van der Waals surface area contributed by atoms with Crippen LogP contribution in [0.5, 0.6) is 0 Å². The van der Waals surface area contributed by atoms with Crippen molar-refractivity contribution in [3.05, 3.63) is 23.2 Å². The maximum absolute atomic E-state index is 11.7. The van der Waals surface area contributed by atoms with Crippen LogP contribution in [0.3, 0.4) is 0 Å². The Labute approximate surface area is 186 Å². The second-order valence-electron chi connectivity index (χ2n) is 6.80. The van der Waals surface area contributed by atoms with Crippen LogP contribution in [0.4, 0.5) is 0 Å². The predicted molar refractivity (Wildman–Crippen MR) is 124 cm³/mol. The quantitative estimate of drug-likeness (QED) is 0.185. The fourth-order valence-electron chi connectivity index (χ4n) is 2.69. The Hall–Kier alpha value is -0.850. The van der Waals surface area contributed by atoms with Gasteiger partial charge in [-0.2, -0.15) is 0 Å². The molecule has 0 saturated carbocycles. The molecule has 0 aliphatic rings. The van der Waals surface area contributed by atoms with Gasteiger partial charge in [-0.3, -0.25) is 0 Å². The summed E-state index contributed by atoms with van der Waals surface area (Å²) in [7, 11) is -1.57. The molecule has 0 aromatic carbocycles. The van der Waals surface area contributed by atoms with Crippen LogP contribution < -0.4 is 10.6 Å². The standard InChI is InChI=1S/C18H34N4O4S.HI/c1-7-19-17(20-10-9-11-22(6)27(24,25)8-2)21-13-18(5,23)16-12-14(3)26-15(16)4;/h12,23H,7-11,13H2,1-6H3,(H2,19,20,21);1H. The van der Waals surface area contributed by atoms with Crippen molar-refractivity contribution in [2.45, 2.75) is 46.6 Å². The van der Waals surface area contributed by atoms with Crippen molar-refractivity contribution >= 4 is 40.0 Å². The fraction of sp³-hybridized carbons (Fsp3) is 0.722. The van der Waals surface area contributed by atoms with Crippen molar-refractivity contribution in [1.82, 2.24) is 14.9 Å². The number of aliphatic imine (C=N–C) groups is 1. The first kappa shape index (κ1) is 27.1. The number of furan rings is 1. The van der Waals surface area contributed by atoms with Gasteiger partial charge in [0.05, 0.1) is 12.3 Å². The number of aryl methyl sites for hydroxylation is 2. The van der Waals surface area contributed by atoms with Crippen molar-refractivity contribution in [1.29, 1.82) is 0 Å². The van der Waals surface area contributed by atoms with E-state index in [1.165, 1.54) is 4.31 Å². The van der Waals surface area contributed by atoms with E-state index in [-0.39, 0.29) is 36.3 Å². The van der Waals surface area contributed by atoms with Gasteiger partial charge in [-0.1, -0.05) is 0 Å². The third kappa shape index (κ3) is 8.26. The molecule has 1 aromatic heterocycles. The Kier molecular flexibility index (Phi) is 11.6. The van der Waals surface area contributed by atoms with Crippen LogP contribution in [0.15, 0.2) is 15.5 Å². The van der Waals surface area contributed by atoms with Gasteiger partial charge in [0.25, 0.3) is 0 Å². The normalized spacial score (nSPS) is 14.5. The molecule has 28 heavy (non-hydrogen) atoms. The zero-order chi connectivity index (χ0) is 20.7. The number of halogens is 1. The largest absolute Gasteiger partial charge is 0.466 e. The molecule has 1 rings (SSSR count). The van der Waals surface area contributed by atoms with Crippen molar-refractivity contribution < 1.29 is 17.9 Å². The van der Waals surface area contributed by atoms with E-state index in [0.717, 1.165) is 11.3 Å². The van der Waals surface area contributed by atoms with Gasteiger partial charge in [0.2, 0.25) is 10.0 Å². The summed E-state index contributed by atoms with van der Waals surface area (Å²) in [4.78, 5) is 4.46. The summed E-state index contributed by atoms with van der Waals surface area (Å²) >= 11 is 0. The number of hydrogen-bond donors (Lipinski definition) is 3. The van der Waals surface area contributed by atoms with E-state index in [9.17, 15) is 13.5 Å². The summed E-state index contributed by atoms with van der Waals surface area (Å²) in [6.07, 6.45) is 0.649. The summed E-state index contributed by atoms with van der Waals surface area (Å²) in [6, 6.07) is 1.83. The van der Waals surface area contributed by atoms with E-state index in [2.05, 4.69) is 15.6 Å². The Morgan fingerprint density at radius 2 is 1.96 bits per heavy atom. The number of rotatable bonds is 10. The van der Waals surface area contributed by atoms with Crippen molar-refractivity contribution in [2.75, 3.05) is 39.0 Å². The maximum atomic E-state index is 11.7. The average Bonchev–Trinajstić information content (AvgIpc) is 2.95. The van der Waals surface area contributed by atoms with E-state index >= 15 is 0 Å². The number of aliphatic hydroxyl groups is 1. The summed E-state index contributed by atoms with van der Waals surface area (Å²) in [5.41, 5.74) is -0.411. The molecule has 0 spiro atoms. The Morgan fingerprint density at radius 1 is 1.32 bits per heavy atom. The number of hydrogen-bond acceptors (Lipinski definition) is 5. The highest BCUT2D eigenvalue weighted by atomic mass is 127. The molecular formula is C18H35IN4O4S. The topological polar surface area (TPSA) is 107 Å². The molecule has 0 radical (unpaired) electrons. The van der Waals surface area contributed by atoms with Crippen LogP contribution in [0.1, 0.15) is 44.3 Å². The second kappa shape index (κ2) is 12.0. The molecule has 164 valence electrons. The van der Waals surface area contributed by atoms with Gasteiger partial charge >= 0.3 is 0 Å². The first-order valence-corrected chi connectivity index (χ1v) is 10.9. The first-order valence-electron chi connectivity index (χ1n) is 9.29. The van der Waals surface area contributed by atoms with Crippen LogP contribution in [0.2, 0.25) is 0 Å². The van der Waals surface area contributed by atoms with Crippen molar-refractivity contribution in [3.8, 4) is 0 Å². The molecule has 1 heterocycles. The van der Waals surface area contributed by atoms with Crippen LogP contribution in [-0.2, 0) is 15.6 Å². The lowest BCUT2D eigenvalue weighted by Crippen LogP contribution is -2.40. The smallest absolute Gasteiger partial charge is 0.213 e. The number of nitrogens with one attached hydrogen (secondary N) is 2. The predicted octanol–water partition coefficient (Wildman–Crippen LogP) is 1.95. The Bertz CT molecular complexity index is 732. The van der Waals surface area contributed by atoms with Crippen LogP contribution in [-0.4, -0.2) is 62.8 Å². The monoisotopic (exact) mass is 530 g/mol. The molecule has 0 amide bonds. The van der Waals surface area contributed by atoms with Gasteiger partial charge < -0.3 is 20.2 Å². The van der Waals surface area contributed by atoms with Gasteiger partial charge in [0.15, 0.2) is 5.96 Å². The molecule has 0 aliphatic heterocycles. The summed E-state index contributed by atoms with van der Waals surface area (Å²) in [6.45, 7) is 10.8. The molecule has 8 nitrogen and oxygen atoms in total. The summed E-state index contributed by atoms with van der Waals surface area (Å²) in [5.74, 6) is 2.12. The highest BCUT2D eigenvalue weighted by Gasteiger charge is 2.27. The van der Waals surface area contributed by atoms with Gasteiger partial charge in [-0.05, 0) is 47.1 Å². The lowest BCUT2D eigenvalue weighted by Gasteiger charge is -2.22. The average molecular weight is 530 g/mol. The minimum atomic E-state index is -3.15. The lowest BCUT2D eigenvalue weighted by molar-refractivity contribution is 0.0657. The number of sulfonamides is 1. The van der Waals surface area contributed by atoms with Crippen LogP contribution in [0, 0.1) is 13.8 Å². The van der Waals surface area contributed by atoms with Crippen LogP contribution >= 0.6 is 24.0 Å². The number of guanidine groups is 1. The Balaban J connectivity index is 0.00000729.